The highest BCUT2D eigenvalue weighted by molar-refractivity contribution is 8.15. The molecule has 2 unspecified atom stereocenters. The molecular weight excluding hydrogens is 462 g/mol. The van der Waals surface area contributed by atoms with Gasteiger partial charge in [0.15, 0.2) is 14.9 Å². The summed E-state index contributed by atoms with van der Waals surface area (Å²) in [4.78, 5) is 23.5. The Labute approximate surface area is 196 Å². The number of fused-ring (bicyclic) bond motifs is 1. The maximum Gasteiger partial charge on any atom is 0.307 e. The number of nitrogens with zero attached hydrogens (tertiary/aromatic N) is 2. The van der Waals surface area contributed by atoms with Gasteiger partial charge in [-0.2, -0.15) is 0 Å². The molecule has 0 spiro atoms. The molecule has 1 aliphatic heterocycles. The Morgan fingerprint density at radius 1 is 1.27 bits per heavy atom. The molecule has 1 aromatic carbocycles. The number of ether oxygens (including phenoxy) is 1. The number of carboxylic acid groups (broad SMARTS) is 1. The Hall–Kier alpha value is -2.85. The molecule has 2 N–H and O–H groups in total. The van der Waals surface area contributed by atoms with Crippen LogP contribution in [0.3, 0.4) is 0 Å². The number of aliphatic imine (C=N–C) groups is 1. The lowest BCUT2D eigenvalue weighted by Crippen LogP contribution is -2.26. The second-order valence-electron chi connectivity index (χ2n) is 7.94. The highest BCUT2D eigenvalue weighted by Gasteiger charge is 2.32. The number of benzene rings is 1. The first-order valence-corrected chi connectivity index (χ1v) is 13.4. The summed E-state index contributed by atoms with van der Waals surface area (Å²) < 4.78 is 29.2. The average Bonchev–Trinajstić information content (AvgIpc) is 3.40. The predicted molar refractivity (Wildman–Crippen MR) is 129 cm³/mol. The van der Waals surface area contributed by atoms with E-state index < -0.39 is 21.7 Å². The quantitative estimate of drug-likeness (QED) is 0.486. The number of H-pyrrole nitrogens is 1. The van der Waals surface area contributed by atoms with Crippen LogP contribution >= 0.6 is 11.8 Å². The van der Waals surface area contributed by atoms with Crippen molar-refractivity contribution < 1.29 is 23.1 Å². The number of carboxylic acids is 1. The molecule has 2 aromatic heterocycles. The number of thioether (sulfide) groups is 1. The third-order valence-corrected chi connectivity index (χ3v) is 7.96. The SMILES string of the molecule is CCc1cc(Oc2ccc(S(C)(=O)=O)nc2)cc2cc(C3=NCC(C(CC)C(=O)O)S3)[nH]c12. The van der Waals surface area contributed by atoms with Crippen molar-refractivity contribution in [3.8, 4) is 11.5 Å². The van der Waals surface area contributed by atoms with Gasteiger partial charge in [-0.05, 0) is 48.7 Å². The van der Waals surface area contributed by atoms with Gasteiger partial charge < -0.3 is 14.8 Å². The van der Waals surface area contributed by atoms with Gasteiger partial charge in [0.25, 0.3) is 0 Å². The van der Waals surface area contributed by atoms with E-state index in [-0.39, 0.29) is 10.3 Å². The molecule has 33 heavy (non-hydrogen) atoms. The number of hydrogen-bond acceptors (Lipinski definition) is 7. The maximum absolute atomic E-state index is 11.6. The summed E-state index contributed by atoms with van der Waals surface area (Å²) in [5, 5.41) is 11.2. The Morgan fingerprint density at radius 3 is 2.67 bits per heavy atom. The van der Waals surface area contributed by atoms with Gasteiger partial charge in [-0.15, -0.1) is 0 Å². The van der Waals surface area contributed by atoms with Gasteiger partial charge in [0, 0.05) is 22.4 Å². The number of carbonyl (C=O) groups is 1. The summed E-state index contributed by atoms with van der Waals surface area (Å²) in [6.07, 6.45) is 3.85. The number of rotatable bonds is 8. The molecule has 3 heterocycles. The Balaban J connectivity index is 1.59. The minimum atomic E-state index is -3.37. The molecule has 0 aliphatic carbocycles. The molecule has 0 amide bonds. The lowest BCUT2D eigenvalue weighted by Gasteiger charge is -2.15. The third kappa shape index (κ3) is 4.91. The molecule has 2 atom stereocenters. The van der Waals surface area contributed by atoms with Crippen molar-refractivity contribution in [3.05, 3.63) is 47.8 Å². The van der Waals surface area contributed by atoms with Crippen LogP contribution in [0, 0.1) is 5.92 Å². The van der Waals surface area contributed by atoms with Gasteiger partial charge in [-0.1, -0.05) is 25.6 Å². The van der Waals surface area contributed by atoms with Crippen LogP contribution < -0.4 is 4.74 Å². The fourth-order valence-corrected chi connectivity index (χ4v) is 5.72. The van der Waals surface area contributed by atoms with Gasteiger partial charge >= 0.3 is 5.97 Å². The van der Waals surface area contributed by atoms with Crippen molar-refractivity contribution in [1.29, 1.82) is 0 Å². The standard InChI is InChI=1S/C23H25N3O5S2/c1-4-13-8-16(31-15-6-7-20(24-11-15)33(3,29)30)9-14-10-18(26-21(13)14)22-25-12-19(32-22)17(5-2)23(27)28/h6-11,17,19,26H,4-5,12H2,1-3H3,(H,27,28). The van der Waals surface area contributed by atoms with Gasteiger partial charge in [0.1, 0.15) is 16.5 Å². The van der Waals surface area contributed by atoms with E-state index in [0.29, 0.717) is 24.5 Å². The number of pyridine rings is 1. The largest absolute Gasteiger partial charge is 0.481 e. The van der Waals surface area contributed by atoms with E-state index in [1.54, 1.807) is 6.07 Å². The summed E-state index contributed by atoms with van der Waals surface area (Å²) in [5.41, 5.74) is 2.91. The summed E-state index contributed by atoms with van der Waals surface area (Å²) >= 11 is 1.51. The van der Waals surface area contributed by atoms with Crippen LogP contribution in [0.25, 0.3) is 10.9 Å². The number of aromatic nitrogens is 2. The molecular formula is C23H25N3O5S2. The fourth-order valence-electron chi connectivity index (χ4n) is 3.87. The van der Waals surface area contributed by atoms with Crippen LogP contribution in [-0.2, 0) is 21.1 Å². The zero-order valence-electron chi connectivity index (χ0n) is 18.5. The van der Waals surface area contributed by atoms with Crippen molar-refractivity contribution in [2.24, 2.45) is 10.9 Å². The van der Waals surface area contributed by atoms with Crippen LogP contribution in [0.2, 0.25) is 0 Å². The van der Waals surface area contributed by atoms with Crippen LogP contribution in [0.5, 0.6) is 11.5 Å². The highest BCUT2D eigenvalue weighted by atomic mass is 32.2. The van der Waals surface area contributed by atoms with E-state index >= 15 is 0 Å². The van der Waals surface area contributed by atoms with Gasteiger partial charge in [-0.25, -0.2) is 13.4 Å². The third-order valence-electron chi connectivity index (χ3n) is 5.60. The van der Waals surface area contributed by atoms with Crippen molar-refractivity contribution >= 4 is 43.5 Å². The summed E-state index contributed by atoms with van der Waals surface area (Å²) in [7, 11) is -3.37. The van der Waals surface area contributed by atoms with E-state index in [1.807, 2.05) is 25.1 Å². The monoisotopic (exact) mass is 487 g/mol. The Kier molecular flexibility index (Phi) is 6.49. The molecule has 0 saturated carbocycles. The Bertz CT molecular complexity index is 1330. The fraction of sp³-hybridized carbons (Fsp3) is 0.348. The molecule has 1 aliphatic rings. The predicted octanol–water partition coefficient (Wildman–Crippen LogP) is 4.29. The van der Waals surface area contributed by atoms with E-state index in [4.69, 9.17) is 4.74 Å². The number of sulfone groups is 1. The molecule has 0 fully saturated rings. The van der Waals surface area contributed by atoms with Gasteiger partial charge in [0.05, 0.1) is 24.4 Å². The van der Waals surface area contributed by atoms with Crippen molar-refractivity contribution in [3.63, 3.8) is 0 Å². The van der Waals surface area contributed by atoms with Crippen molar-refractivity contribution in [2.75, 3.05) is 12.8 Å². The van der Waals surface area contributed by atoms with Gasteiger partial charge in [0.2, 0.25) is 0 Å². The summed E-state index contributed by atoms with van der Waals surface area (Å²) in [6, 6.07) is 8.85. The number of nitrogens with one attached hydrogen (secondary N) is 1. The van der Waals surface area contributed by atoms with Gasteiger partial charge in [-0.3, -0.25) is 9.79 Å². The molecule has 10 heteroatoms. The summed E-state index contributed by atoms with van der Waals surface area (Å²) in [5.74, 6) is -0.140. The normalized spacial score (nSPS) is 17.2. The average molecular weight is 488 g/mol. The van der Waals surface area contributed by atoms with Crippen LogP contribution in [0.4, 0.5) is 0 Å². The highest BCUT2D eigenvalue weighted by Crippen LogP contribution is 2.35. The first-order chi connectivity index (χ1) is 15.7. The molecule has 0 saturated heterocycles. The topological polar surface area (TPSA) is 122 Å². The first kappa shape index (κ1) is 23.3. The minimum Gasteiger partial charge on any atom is -0.481 e. The number of aliphatic carboxylic acids is 1. The van der Waals surface area contributed by atoms with Crippen LogP contribution in [-0.4, -0.2) is 52.6 Å². The summed E-state index contributed by atoms with van der Waals surface area (Å²) in [6.45, 7) is 4.43. The van der Waals surface area contributed by atoms with E-state index in [9.17, 15) is 18.3 Å². The number of aryl methyl sites for hydroxylation is 1. The second kappa shape index (κ2) is 9.18. The molecule has 0 radical (unpaired) electrons. The smallest absolute Gasteiger partial charge is 0.307 e. The van der Waals surface area contributed by atoms with Crippen LogP contribution in [0.1, 0.15) is 31.5 Å². The van der Waals surface area contributed by atoms with Crippen molar-refractivity contribution in [1.82, 2.24) is 9.97 Å². The van der Waals surface area contributed by atoms with E-state index in [0.717, 1.165) is 39.9 Å². The van der Waals surface area contributed by atoms with E-state index in [1.165, 1.54) is 24.0 Å². The number of hydrogen-bond donors (Lipinski definition) is 2. The van der Waals surface area contributed by atoms with Crippen LogP contribution in [0.15, 0.2) is 46.5 Å². The molecule has 174 valence electrons. The lowest BCUT2D eigenvalue weighted by atomic mass is 10.0. The first-order valence-electron chi connectivity index (χ1n) is 10.6. The molecule has 3 aromatic rings. The lowest BCUT2D eigenvalue weighted by molar-refractivity contribution is -0.141. The van der Waals surface area contributed by atoms with Crippen molar-refractivity contribution in [2.45, 2.75) is 37.0 Å². The minimum absolute atomic E-state index is 0.00354. The zero-order valence-corrected chi connectivity index (χ0v) is 20.2. The zero-order chi connectivity index (χ0) is 23.8. The van der Waals surface area contributed by atoms with E-state index in [2.05, 4.69) is 21.9 Å². The Morgan fingerprint density at radius 2 is 2.06 bits per heavy atom. The molecule has 8 nitrogen and oxygen atoms in total. The number of aromatic amines is 1. The molecule has 4 rings (SSSR count). The second-order valence-corrected chi connectivity index (χ2v) is 11.1. The molecule has 0 bridgehead atoms. The maximum atomic E-state index is 11.6.